The van der Waals surface area contributed by atoms with E-state index in [9.17, 15) is 0 Å². The van der Waals surface area contributed by atoms with Crippen LogP contribution in [0, 0.1) is 0 Å². The van der Waals surface area contributed by atoms with Crippen LogP contribution in [0.4, 0.5) is 5.82 Å². The van der Waals surface area contributed by atoms with Crippen molar-refractivity contribution in [2.75, 3.05) is 11.4 Å². The van der Waals surface area contributed by atoms with E-state index in [0.717, 1.165) is 22.4 Å². The van der Waals surface area contributed by atoms with Crippen LogP contribution in [0.3, 0.4) is 0 Å². The third-order valence-electron chi connectivity index (χ3n) is 4.38. The van der Waals surface area contributed by atoms with Crippen LogP contribution in [0.25, 0.3) is 5.57 Å². The molecule has 0 aliphatic carbocycles. The van der Waals surface area contributed by atoms with E-state index >= 15 is 0 Å². The zero-order valence-electron chi connectivity index (χ0n) is 14.3. The summed E-state index contributed by atoms with van der Waals surface area (Å²) < 4.78 is 1.09. The van der Waals surface area contributed by atoms with Crippen LogP contribution in [0.15, 0.2) is 76.6 Å². The van der Waals surface area contributed by atoms with Crippen LogP contribution >= 0.6 is 15.9 Å². The monoisotopic (exact) mass is 380 g/mol. The highest BCUT2D eigenvalue weighted by Gasteiger charge is 2.11. The number of hydrogen-bond acceptors (Lipinski definition) is 2. The minimum atomic E-state index is 0.901. The van der Waals surface area contributed by atoms with Crippen molar-refractivity contribution < 1.29 is 0 Å². The third-order valence-corrected chi connectivity index (χ3v) is 4.91. The molecule has 0 atom stereocenters. The van der Waals surface area contributed by atoms with E-state index in [1.165, 1.54) is 22.3 Å². The Labute approximate surface area is 152 Å². The molecular formula is C21H21BrN2. The first-order valence-electron chi connectivity index (χ1n) is 8.08. The Morgan fingerprint density at radius 1 is 1.08 bits per heavy atom. The quantitative estimate of drug-likeness (QED) is 0.652. The molecule has 3 rings (SSSR count). The fourth-order valence-corrected chi connectivity index (χ4v) is 3.04. The molecule has 2 aromatic rings. The summed E-state index contributed by atoms with van der Waals surface area (Å²) in [6.45, 7) is 7.29. The molecule has 0 fully saturated rings. The van der Waals surface area contributed by atoms with Gasteiger partial charge in [0.1, 0.15) is 5.82 Å². The number of aromatic nitrogens is 1. The first-order valence-corrected chi connectivity index (χ1v) is 8.87. The summed E-state index contributed by atoms with van der Waals surface area (Å²) in [5.41, 5.74) is 6.25. The van der Waals surface area contributed by atoms with Crippen LogP contribution in [-0.2, 0) is 0 Å². The molecular weight excluding hydrogens is 360 g/mol. The van der Waals surface area contributed by atoms with Gasteiger partial charge in [0.15, 0.2) is 0 Å². The van der Waals surface area contributed by atoms with Crippen molar-refractivity contribution in [1.29, 1.82) is 0 Å². The van der Waals surface area contributed by atoms with Crippen molar-refractivity contribution in [3.8, 4) is 0 Å². The highest BCUT2D eigenvalue weighted by molar-refractivity contribution is 9.10. The summed E-state index contributed by atoms with van der Waals surface area (Å²) in [5, 5.41) is 0. The van der Waals surface area contributed by atoms with Gasteiger partial charge in [-0.05, 0) is 67.8 Å². The lowest BCUT2D eigenvalue weighted by molar-refractivity contribution is 0.961. The largest absolute Gasteiger partial charge is 0.329 e. The fraction of sp³-hybridized carbons (Fsp3) is 0.190. The molecule has 2 nitrogen and oxygen atoms in total. The number of benzene rings is 1. The molecule has 0 bridgehead atoms. The molecule has 0 unspecified atom stereocenters. The Kier molecular flexibility index (Phi) is 5.00. The molecule has 0 amide bonds. The van der Waals surface area contributed by atoms with E-state index in [1.807, 2.05) is 6.20 Å². The lowest BCUT2D eigenvalue weighted by atomic mass is 9.99. The Morgan fingerprint density at radius 3 is 2.38 bits per heavy atom. The summed E-state index contributed by atoms with van der Waals surface area (Å²) in [6, 6.07) is 12.6. The molecule has 0 saturated carbocycles. The summed E-state index contributed by atoms with van der Waals surface area (Å²) in [5.74, 6) is 0.980. The summed E-state index contributed by atoms with van der Waals surface area (Å²) >= 11 is 3.49. The van der Waals surface area contributed by atoms with Gasteiger partial charge in [0.25, 0.3) is 0 Å². The molecule has 0 spiro atoms. The first-order chi connectivity index (χ1) is 11.6. The average Bonchev–Trinajstić information content (AvgIpc) is 2.60. The number of rotatable bonds is 3. The lowest BCUT2D eigenvalue weighted by Gasteiger charge is -2.24. The third kappa shape index (κ3) is 3.51. The van der Waals surface area contributed by atoms with Gasteiger partial charge in [0.2, 0.25) is 0 Å². The van der Waals surface area contributed by atoms with Gasteiger partial charge in [-0.3, -0.25) is 0 Å². The van der Waals surface area contributed by atoms with Gasteiger partial charge in [-0.25, -0.2) is 4.98 Å². The minimum absolute atomic E-state index is 0.901. The SMILES string of the molecule is C/C=C(/c1ccc(Br)cc1)c1ccc(N2C=CC(C)=C(C)C2)nc1. The van der Waals surface area contributed by atoms with Gasteiger partial charge < -0.3 is 4.90 Å². The van der Waals surface area contributed by atoms with Crippen molar-refractivity contribution >= 4 is 27.3 Å². The summed E-state index contributed by atoms with van der Waals surface area (Å²) in [6.07, 6.45) is 8.35. The van der Waals surface area contributed by atoms with Gasteiger partial charge in [-0.2, -0.15) is 0 Å². The van der Waals surface area contributed by atoms with Crippen LogP contribution < -0.4 is 4.90 Å². The number of pyridine rings is 1. The van der Waals surface area contributed by atoms with Crippen LogP contribution in [-0.4, -0.2) is 11.5 Å². The molecule has 122 valence electrons. The molecule has 1 aromatic carbocycles. The summed E-state index contributed by atoms with van der Waals surface area (Å²) in [4.78, 5) is 6.86. The van der Waals surface area contributed by atoms with Crippen molar-refractivity contribution in [3.63, 3.8) is 0 Å². The van der Waals surface area contributed by atoms with Gasteiger partial charge >= 0.3 is 0 Å². The Bertz CT molecular complexity index is 812. The van der Waals surface area contributed by atoms with Gasteiger partial charge in [0.05, 0.1) is 0 Å². The van der Waals surface area contributed by atoms with E-state index in [0.29, 0.717) is 0 Å². The lowest BCUT2D eigenvalue weighted by Crippen LogP contribution is -2.22. The number of allylic oxidation sites excluding steroid dienone is 3. The van der Waals surface area contributed by atoms with Crippen molar-refractivity contribution in [3.05, 3.63) is 87.7 Å². The smallest absolute Gasteiger partial charge is 0.132 e. The molecule has 0 N–H and O–H groups in total. The topological polar surface area (TPSA) is 16.1 Å². The minimum Gasteiger partial charge on any atom is -0.329 e. The number of hydrogen-bond donors (Lipinski definition) is 0. The van der Waals surface area contributed by atoms with Crippen molar-refractivity contribution in [2.24, 2.45) is 0 Å². The summed E-state index contributed by atoms with van der Waals surface area (Å²) in [7, 11) is 0. The maximum absolute atomic E-state index is 4.68. The molecule has 1 aliphatic rings. The second kappa shape index (κ2) is 7.18. The molecule has 1 aliphatic heterocycles. The predicted molar refractivity (Wildman–Crippen MR) is 106 cm³/mol. The number of anilines is 1. The van der Waals surface area contributed by atoms with Crippen molar-refractivity contribution in [2.45, 2.75) is 20.8 Å². The predicted octanol–water partition coefficient (Wildman–Crippen LogP) is 5.97. The second-order valence-corrected chi connectivity index (χ2v) is 6.94. The normalized spacial score (nSPS) is 15.2. The number of halogens is 1. The van der Waals surface area contributed by atoms with Gasteiger partial charge in [-0.15, -0.1) is 0 Å². The zero-order chi connectivity index (χ0) is 17.1. The van der Waals surface area contributed by atoms with Gasteiger partial charge in [-0.1, -0.05) is 39.7 Å². The average molecular weight is 381 g/mol. The van der Waals surface area contributed by atoms with E-state index in [1.54, 1.807) is 0 Å². The highest BCUT2D eigenvalue weighted by atomic mass is 79.9. The maximum Gasteiger partial charge on any atom is 0.132 e. The molecule has 0 saturated heterocycles. The molecule has 3 heteroatoms. The number of nitrogens with zero attached hydrogens (tertiary/aromatic N) is 2. The Morgan fingerprint density at radius 2 is 1.79 bits per heavy atom. The van der Waals surface area contributed by atoms with E-state index in [2.05, 4.69) is 101 Å². The fourth-order valence-electron chi connectivity index (χ4n) is 2.78. The van der Waals surface area contributed by atoms with E-state index in [-0.39, 0.29) is 0 Å². The van der Waals surface area contributed by atoms with E-state index < -0.39 is 0 Å². The molecule has 2 heterocycles. The maximum atomic E-state index is 4.68. The molecule has 24 heavy (non-hydrogen) atoms. The van der Waals surface area contributed by atoms with Gasteiger partial charge in [0, 0.05) is 29.0 Å². The zero-order valence-corrected chi connectivity index (χ0v) is 15.8. The Balaban J connectivity index is 1.84. The Hall–Kier alpha value is -2.13. The molecule has 1 aromatic heterocycles. The van der Waals surface area contributed by atoms with E-state index in [4.69, 9.17) is 0 Å². The molecule has 0 radical (unpaired) electrons. The van der Waals surface area contributed by atoms with Crippen LogP contribution in [0.1, 0.15) is 31.9 Å². The standard InChI is InChI=1S/C21H21BrN2/c1-4-20(17-5-8-19(22)9-6-17)18-7-10-21(23-13-18)24-12-11-15(2)16(3)14-24/h4-13H,14H2,1-3H3/b20-4-. The second-order valence-electron chi connectivity index (χ2n) is 6.02. The first kappa shape index (κ1) is 16.7. The van der Waals surface area contributed by atoms with Crippen LogP contribution in [0.2, 0.25) is 0 Å². The van der Waals surface area contributed by atoms with Crippen LogP contribution in [0.5, 0.6) is 0 Å². The van der Waals surface area contributed by atoms with Crippen molar-refractivity contribution in [1.82, 2.24) is 4.98 Å². The highest BCUT2D eigenvalue weighted by Crippen LogP contribution is 2.26.